The van der Waals surface area contributed by atoms with E-state index in [1.807, 2.05) is 6.92 Å². The van der Waals surface area contributed by atoms with Gasteiger partial charge in [0.2, 0.25) is 0 Å². The maximum Gasteiger partial charge on any atom is 0.269 e. The molecule has 3 aromatic rings. The van der Waals surface area contributed by atoms with E-state index in [1.165, 1.54) is 43.5 Å². The second-order valence-electron chi connectivity index (χ2n) is 7.56. The molecule has 0 aliphatic rings. The summed E-state index contributed by atoms with van der Waals surface area (Å²) in [5, 5.41) is 14.8. The minimum Gasteiger partial charge on any atom is -0.497 e. The summed E-state index contributed by atoms with van der Waals surface area (Å²) in [5.74, 6) is -0.132. The number of amides is 1. The first-order valence-electron chi connectivity index (χ1n) is 10.4. The Morgan fingerprint density at radius 3 is 2.17 bits per heavy atom. The fourth-order valence-electron chi connectivity index (χ4n) is 3.10. The van der Waals surface area contributed by atoms with E-state index in [2.05, 4.69) is 10.5 Å². The van der Waals surface area contributed by atoms with Gasteiger partial charge in [-0.15, -0.1) is 0 Å². The lowest BCUT2D eigenvalue weighted by Gasteiger charge is -2.24. The number of anilines is 1. The SMILES string of the molecule is COc1ccc(N(CC(=O)N/N=C(/C)c2ccc([N+](=O)[O-])cc2)S(=O)(=O)c2ccc(C)cc2)cc1. The molecule has 0 unspecified atom stereocenters. The monoisotopic (exact) mass is 496 g/mol. The molecule has 0 saturated heterocycles. The summed E-state index contributed by atoms with van der Waals surface area (Å²) in [5.41, 5.74) is 4.42. The Labute approximate surface area is 203 Å². The lowest BCUT2D eigenvalue weighted by Crippen LogP contribution is -2.39. The van der Waals surface area contributed by atoms with Crippen molar-refractivity contribution in [3.05, 3.63) is 94.0 Å². The van der Waals surface area contributed by atoms with Crippen molar-refractivity contribution < 1.29 is 22.9 Å². The number of hydrogen-bond donors (Lipinski definition) is 1. The van der Waals surface area contributed by atoms with Crippen molar-refractivity contribution in [3.63, 3.8) is 0 Å². The number of benzene rings is 3. The van der Waals surface area contributed by atoms with E-state index in [1.54, 1.807) is 43.3 Å². The molecule has 35 heavy (non-hydrogen) atoms. The molecule has 11 heteroatoms. The number of nitrogens with one attached hydrogen (secondary N) is 1. The lowest BCUT2D eigenvalue weighted by atomic mass is 10.1. The first kappa shape index (κ1) is 25.4. The molecule has 0 saturated carbocycles. The molecule has 0 aliphatic carbocycles. The van der Waals surface area contributed by atoms with Gasteiger partial charge in [-0.25, -0.2) is 13.8 Å². The Kier molecular flexibility index (Phi) is 7.82. The van der Waals surface area contributed by atoms with Crippen molar-refractivity contribution in [1.82, 2.24) is 5.43 Å². The van der Waals surface area contributed by atoms with Crippen LogP contribution in [0.5, 0.6) is 5.75 Å². The van der Waals surface area contributed by atoms with E-state index < -0.39 is 27.4 Å². The number of hydrazone groups is 1. The Balaban J connectivity index is 1.85. The largest absolute Gasteiger partial charge is 0.497 e. The van der Waals surface area contributed by atoms with Crippen LogP contribution in [0.3, 0.4) is 0 Å². The molecule has 3 aromatic carbocycles. The van der Waals surface area contributed by atoms with E-state index >= 15 is 0 Å². The lowest BCUT2D eigenvalue weighted by molar-refractivity contribution is -0.384. The number of nitro benzene ring substituents is 1. The molecule has 3 rings (SSSR count). The van der Waals surface area contributed by atoms with Gasteiger partial charge in [0.05, 0.1) is 28.3 Å². The number of nitrogens with zero attached hydrogens (tertiary/aromatic N) is 3. The smallest absolute Gasteiger partial charge is 0.269 e. The number of ether oxygens (including phenoxy) is 1. The topological polar surface area (TPSA) is 131 Å². The third-order valence-corrected chi connectivity index (χ3v) is 6.89. The van der Waals surface area contributed by atoms with Crippen LogP contribution >= 0.6 is 0 Å². The van der Waals surface area contributed by atoms with Gasteiger partial charge in [-0.05, 0) is 67.9 Å². The summed E-state index contributed by atoms with van der Waals surface area (Å²) in [6.07, 6.45) is 0. The summed E-state index contributed by atoms with van der Waals surface area (Å²) < 4.78 is 32.9. The minimum atomic E-state index is -4.07. The fourth-order valence-corrected chi connectivity index (χ4v) is 4.52. The second kappa shape index (κ2) is 10.8. The molecule has 0 heterocycles. The summed E-state index contributed by atoms with van der Waals surface area (Å²) in [6, 6.07) is 18.3. The van der Waals surface area contributed by atoms with Crippen molar-refractivity contribution in [2.24, 2.45) is 5.10 Å². The molecule has 0 atom stereocenters. The number of carbonyl (C=O) groups is 1. The highest BCUT2D eigenvalue weighted by atomic mass is 32.2. The molecule has 1 N–H and O–H groups in total. The number of aryl methyl sites for hydroxylation is 1. The molecule has 182 valence electrons. The maximum atomic E-state index is 13.4. The maximum absolute atomic E-state index is 13.4. The van der Waals surface area contributed by atoms with Gasteiger partial charge in [0.1, 0.15) is 12.3 Å². The average Bonchev–Trinajstić information content (AvgIpc) is 2.86. The van der Waals surface area contributed by atoms with Gasteiger partial charge >= 0.3 is 0 Å². The summed E-state index contributed by atoms with van der Waals surface area (Å²) in [7, 11) is -2.58. The highest BCUT2D eigenvalue weighted by Crippen LogP contribution is 2.26. The first-order valence-corrected chi connectivity index (χ1v) is 11.9. The van der Waals surface area contributed by atoms with Crippen molar-refractivity contribution in [1.29, 1.82) is 0 Å². The first-order chi connectivity index (χ1) is 16.6. The van der Waals surface area contributed by atoms with Crippen LogP contribution in [0.15, 0.2) is 82.8 Å². The van der Waals surface area contributed by atoms with Crippen LogP contribution in [0.1, 0.15) is 18.1 Å². The Morgan fingerprint density at radius 1 is 1.03 bits per heavy atom. The Morgan fingerprint density at radius 2 is 1.63 bits per heavy atom. The van der Waals surface area contributed by atoms with Crippen molar-refractivity contribution >= 4 is 33.0 Å². The zero-order chi connectivity index (χ0) is 25.6. The number of nitro groups is 1. The van der Waals surface area contributed by atoms with E-state index in [-0.39, 0.29) is 16.3 Å². The third kappa shape index (κ3) is 6.21. The van der Waals surface area contributed by atoms with Gasteiger partial charge in [0.25, 0.3) is 21.6 Å². The molecular formula is C24H24N4O6S. The molecule has 0 aliphatic heterocycles. The number of carbonyl (C=O) groups excluding carboxylic acids is 1. The van der Waals surface area contributed by atoms with Crippen molar-refractivity contribution in [2.45, 2.75) is 18.7 Å². The molecule has 10 nitrogen and oxygen atoms in total. The van der Waals surface area contributed by atoms with Crippen LogP contribution in [0.4, 0.5) is 11.4 Å². The molecule has 1 amide bonds. The number of methoxy groups -OCH3 is 1. The number of sulfonamides is 1. The van der Waals surface area contributed by atoms with Gasteiger partial charge in [-0.1, -0.05) is 17.7 Å². The predicted molar refractivity (Wildman–Crippen MR) is 132 cm³/mol. The van der Waals surface area contributed by atoms with Crippen LogP contribution in [-0.4, -0.2) is 38.6 Å². The Hall–Kier alpha value is -4.25. The minimum absolute atomic E-state index is 0.0391. The zero-order valence-electron chi connectivity index (χ0n) is 19.3. The van der Waals surface area contributed by atoms with Crippen LogP contribution < -0.4 is 14.5 Å². The summed E-state index contributed by atoms with van der Waals surface area (Å²) >= 11 is 0. The van der Waals surface area contributed by atoms with Gasteiger partial charge < -0.3 is 4.74 Å². The van der Waals surface area contributed by atoms with Crippen LogP contribution in [0.2, 0.25) is 0 Å². The standard InChI is InChI=1S/C24H24N4O6S/c1-17-4-14-23(15-5-17)35(32,33)27(20-10-12-22(34-3)13-11-20)16-24(29)26-25-18(2)19-6-8-21(9-7-19)28(30)31/h4-15H,16H2,1-3H3,(H,26,29)/b25-18-. The van der Waals surface area contributed by atoms with Gasteiger partial charge in [-0.3, -0.25) is 19.2 Å². The molecule has 0 bridgehead atoms. The third-order valence-electron chi connectivity index (χ3n) is 5.10. The number of hydrogen-bond acceptors (Lipinski definition) is 7. The molecular weight excluding hydrogens is 472 g/mol. The van der Waals surface area contributed by atoms with Crippen molar-refractivity contribution in [3.8, 4) is 5.75 Å². The van der Waals surface area contributed by atoms with Crippen LogP contribution in [0.25, 0.3) is 0 Å². The van der Waals surface area contributed by atoms with Gasteiger partial charge in [0.15, 0.2) is 0 Å². The van der Waals surface area contributed by atoms with E-state index in [9.17, 15) is 23.3 Å². The second-order valence-corrected chi connectivity index (χ2v) is 9.42. The Bertz CT molecular complexity index is 1340. The molecule has 0 fully saturated rings. The van der Waals surface area contributed by atoms with Gasteiger partial charge in [-0.2, -0.15) is 5.10 Å². The molecule has 0 spiro atoms. The van der Waals surface area contributed by atoms with Crippen LogP contribution in [-0.2, 0) is 14.8 Å². The zero-order valence-corrected chi connectivity index (χ0v) is 20.2. The summed E-state index contributed by atoms with van der Waals surface area (Å²) in [4.78, 5) is 23.1. The fraction of sp³-hybridized carbons (Fsp3) is 0.167. The summed E-state index contributed by atoms with van der Waals surface area (Å²) in [6.45, 7) is 2.93. The van der Waals surface area contributed by atoms with Crippen molar-refractivity contribution in [2.75, 3.05) is 18.0 Å². The van der Waals surface area contributed by atoms with E-state index in [4.69, 9.17) is 4.74 Å². The molecule has 0 radical (unpaired) electrons. The van der Waals surface area contributed by atoms with E-state index in [0.29, 0.717) is 17.0 Å². The predicted octanol–water partition coefficient (Wildman–Crippen LogP) is 3.65. The molecule has 0 aromatic heterocycles. The number of rotatable bonds is 9. The average molecular weight is 497 g/mol. The van der Waals surface area contributed by atoms with E-state index in [0.717, 1.165) is 9.87 Å². The van der Waals surface area contributed by atoms with Crippen LogP contribution in [0, 0.1) is 17.0 Å². The van der Waals surface area contributed by atoms with Gasteiger partial charge in [0, 0.05) is 12.1 Å². The highest BCUT2D eigenvalue weighted by Gasteiger charge is 2.27. The normalized spacial score (nSPS) is 11.6. The number of non-ortho nitro benzene ring substituents is 1. The highest BCUT2D eigenvalue weighted by molar-refractivity contribution is 7.92. The quantitative estimate of drug-likeness (QED) is 0.273.